The third-order valence-electron chi connectivity index (χ3n) is 3.43. The molecule has 0 aromatic heterocycles. The molecule has 0 saturated carbocycles. The van der Waals surface area contributed by atoms with Crippen molar-refractivity contribution in [3.63, 3.8) is 0 Å². The number of amides is 1. The average molecular weight is 211 g/mol. The van der Waals surface area contributed by atoms with E-state index in [4.69, 9.17) is 0 Å². The van der Waals surface area contributed by atoms with E-state index in [1.54, 1.807) is 0 Å². The number of carbonyl (C=O) groups excluding carboxylic acids is 1. The maximum Gasteiger partial charge on any atom is 0.222 e. The first-order chi connectivity index (χ1) is 7.16. The third-order valence-corrected chi connectivity index (χ3v) is 3.43. The van der Waals surface area contributed by atoms with Gasteiger partial charge in [0.25, 0.3) is 0 Å². The van der Waals surface area contributed by atoms with Crippen LogP contribution in [0.25, 0.3) is 0 Å². The van der Waals surface area contributed by atoms with Gasteiger partial charge in [-0.3, -0.25) is 14.6 Å². The number of fused-ring (bicyclic) bond motifs is 3. The zero-order chi connectivity index (χ0) is 10.8. The molecule has 3 aliphatic heterocycles. The fraction of sp³-hybridized carbons (Fsp3) is 0.909. The minimum absolute atomic E-state index is 0.0982. The molecule has 3 saturated heterocycles. The van der Waals surface area contributed by atoms with Gasteiger partial charge in [0.2, 0.25) is 5.91 Å². The van der Waals surface area contributed by atoms with E-state index < -0.39 is 0 Å². The summed E-state index contributed by atoms with van der Waals surface area (Å²) >= 11 is 0. The highest BCUT2D eigenvalue weighted by atomic mass is 16.1. The molecule has 3 fully saturated rings. The monoisotopic (exact) mass is 211 g/mol. The fourth-order valence-electron chi connectivity index (χ4n) is 2.34. The van der Waals surface area contributed by atoms with E-state index in [1.165, 1.54) is 26.2 Å². The molecule has 0 aromatic rings. The van der Waals surface area contributed by atoms with Crippen molar-refractivity contribution in [2.75, 3.05) is 39.3 Å². The summed E-state index contributed by atoms with van der Waals surface area (Å²) in [6, 6.07) is 0.537. The second kappa shape index (κ2) is 4.49. The van der Waals surface area contributed by atoms with Crippen molar-refractivity contribution in [3.05, 3.63) is 0 Å². The molecular formula is C11H21N3O. The predicted molar refractivity (Wildman–Crippen MR) is 59.6 cm³/mol. The lowest BCUT2D eigenvalue weighted by Gasteiger charge is -2.47. The normalized spacial score (nSPS) is 34.5. The van der Waals surface area contributed by atoms with Gasteiger partial charge in [0.15, 0.2) is 0 Å². The lowest BCUT2D eigenvalue weighted by Crippen LogP contribution is -2.63. The first-order valence-corrected chi connectivity index (χ1v) is 5.91. The summed E-state index contributed by atoms with van der Waals surface area (Å²) < 4.78 is 0. The standard InChI is InChI=1S/C11H21N3O/c1-9(2)11(15)12-7-10-8-13-3-5-14(10)6-4-13/h9-10H,3-8H2,1-2H3,(H,12,15). The number of hydrogen-bond donors (Lipinski definition) is 1. The van der Waals surface area contributed by atoms with Crippen molar-refractivity contribution in [3.8, 4) is 0 Å². The van der Waals surface area contributed by atoms with Crippen LogP contribution in [0.15, 0.2) is 0 Å². The van der Waals surface area contributed by atoms with Crippen LogP contribution in [0.2, 0.25) is 0 Å². The highest BCUT2D eigenvalue weighted by Gasteiger charge is 2.31. The van der Waals surface area contributed by atoms with E-state index in [9.17, 15) is 4.79 Å². The molecule has 0 aromatic carbocycles. The van der Waals surface area contributed by atoms with Crippen LogP contribution < -0.4 is 5.32 Å². The molecule has 0 aliphatic carbocycles. The molecule has 0 radical (unpaired) electrons. The van der Waals surface area contributed by atoms with Crippen molar-refractivity contribution in [2.24, 2.45) is 5.92 Å². The van der Waals surface area contributed by atoms with E-state index >= 15 is 0 Å². The van der Waals surface area contributed by atoms with Crippen molar-refractivity contribution >= 4 is 5.91 Å². The summed E-state index contributed by atoms with van der Waals surface area (Å²) in [5, 5.41) is 3.03. The Balaban J connectivity index is 1.78. The SMILES string of the molecule is CC(C)C(=O)NCC1CN2CCN1CC2. The lowest BCUT2D eigenvalue weighted by molar-refractivity contribution is -0.124. The zero-order valence-corrected chi connectivity index (χ0v) is 9.70. The van der Waals surface area contributed by atoms with Crippen LogP contribution in [-0.2, 0) is 4.79 Å². The maximum absolute atomic E-state index is 11.4. The van der Waals surface area contributed by atoms with Gasteiger partial charge in [-0.2, -0.15) is 0 Å². The van der Waals surface area contributed by atoms with Crippen LogP contribution in [0, 0.1) is 5.92 Å². The van der Waals surface area contributed by atoms with Gasteiger partial charge in [-0.25, -0.2) is 0 Å². The molecule has 4 heteroatoms. The van der Waals surface area contributed by atoms with Crippen molar-refractivity contribution < 1.29 is 4.79 Å². The highest BCUT2D eigenvalue weighted by Crippen LogP contribution is 2.14. The zero-order valence-electron chi connectivity index (χ0n) is 9.70. The first kappa shape index (κ1) is 10.9. The molecule has 1 amide bonds. The van der Waals surface area contributed by atoms with Crippen LogP contribution in [0.5, 0.6) is 0 Å². The van der Waals surface area contributed by atoms with E-state index in [-0.39, 0.29) is 11.8 Å². The molecule has 1 N–H and O–H groups in total. The Kier molecular flexibility index (Phi) is 3.26. The van der Waals surface area contributed by atoms with Gasteiger partial charge in [0, 0.05) is 51.2 Å². The van der Waals surface area contributed by atoms with E-state index in [1.807, 2.05) is 13.8 Å². The Bertz CT molecular complexity index is 234. The maximum atomic E-state index is 11.4. The average Bonchev–Trinajstić information content (AvgIpc) is 2.27. The van der Waals surface area contributed by atoms with Crippen LogP contribution in [-0.4, -0.2) is 61.0 Å². The molecule has 15 heavy (non-hydrogen) atoms. The Morgan fingerprint density at radius 1 is 1.33 bits per heavy atom. The number of piperazine rings is 3. The summed E-state index contributed by atoms with van der Waals surface area (Å²) in [5.41, 5.74) is 0. The molecule has 1 unspecified atom stereocenters. The molecule has 2 bridgehead atoms. The Morgan fingerprint density at radius 2 is 2.00 bits per heavy atom. The molecule has 3 rings (SSSR count). The van der Waals surface area contributed by atoms with E-state index in [0.717, 1.165) is 13.1 Å². The first-order valence-electron chi connectivity index (χ1n) is 5.91. The molecule has 3 heterocycles. The van der Waals surface area contributed by atoms with Crippen molar-refractivity contribution in [1.82, 2.24) is 15.1 Å². The van der Waals surface area contributed by atoms with Gasteiger partial charge in [-0.15, -0.1) is 0 Å². The second-order valence-corrected chi connectivity index (χ2v) is 4.89. The highest BCUT2D eigenvalue weighted by molar-refractivity contribution is 5.77. The summed E-state index contributed by atoms with van der Waals surface area (Å²) in [6.07, 6.45) is 0. The van der Waals surface area contributed by atoms with Gasteiger partial charge < -0.3 is 5.32 Å². The van der Waals surface area contributed by atoms with Gasteiger partial charge in [-0.1, -0.05) is 13.8 Å². The smallest absolute Gasteiger partial charge is 0.222 e. The van der Waals surface area contributed by atoms with Gasteiger partial charge in [-0.05, 0) is 0 Å². The Hall–Kier alpha value is -0.610. The molecule has 0 spiro atoms. The molecular weight excluding hydrogens is 190 g/mol. The largest absolute Gasteiger partial charge is 0.354 e. The molecule has 1 atom stereocenters. The number of nitrogens with zero attached hydrogens (tertiary/aromatic N) is 2. The van der Waals surface area contributed by atoms with Crippen LogP contribution in [0.1, 0.15) is 13.8 Å². The Labute approximate surface area is 91.6 Å². The topological polar surface area (TPSA) is 35.6 Å². The van der Waals surface area contributed by atoms with E-state index in [0.29, 0.717) is 6.04 Å². The second-order valence-electron chi connectivity index (χ2n) is 4.89. The van der Waals surface area contributed by atoms with Crippen molar-refractivity contribution in [1.29, 1.82) is 0 Å². The van der Waals surface area contributed by atoms with Crippen molar-refractivity contribution in [2.45, 2.75) is 19.9 Å². The fourth-order valence-corrected chi connectivity index (χ4v) is 2.34. The van der Waals surface area contributed by atoms with Gasteiger partial charge >= 0.3 is 0 Å². The Morgan fingerprint density at radius 3 is 2.47 bits per heavy atom. The number of carbonyl (C=O) groups is 1. The summed E-state index contributed by atoms with van der Waals surface area (Å²) in [5.74, 6) is 0.272. The summed E-state index contributed by atoms with van der Waals surface area (Å²) in [4.78, 5) is 16.4. The molecule has 86 valence electrons. The summed E-state index contributed by atoms with van der Waals surface area (Å²) in [6.45, 7) is 10.6. The molecule has 4 nitrogen and oxygen atoms in total. The van der Waals surface area contributed by atoms with Crippen LogP contribution in [0.4, 0.5) is 0 Å². The summed E-state index contributed by atoms with van der Waals surface area (Å²) in [7, 11) is 0. The third kappa shape index (κ3) is 2.49. The molecule has 3 aliphatic rings. The number of nitrogens with one attached hydrogen (secondary N) is 1. The minimum atomic E-state index is 0.0982. The number of rotatable bonds is 3. The number of hydrogen-bond acceptors (Lipinski definition) is 3. The quantitative estimate of drug-likeness (QED) is 0.700. The lowest BCUT2D eigenvalue weighted by atomic mass is 10.1. The van der Waals surface area contributed by atoms with Gasteiger partial charge in [0.05, 0.1) is 0 Å². The van der Waals surface area contributed by atoms with E-state index in [2.05, 4.69) is 15.1 Å². The van der Waals surface area contributed by atoms with Crippen LogP contribution in [0.3, 0.4) is 0 Å². The van der Waals surface area contributed by atoms with Crippen LogP contribution >= 0.6 is 0 Å². The predicted octanol–water partition coefficient (Wildman–Crippen LogP) is -0.242. The van der Waals surface area contributed by atoms with Gasteiger partial charge in [0.1, 0.15) is 0 Å². The minimum Gasteiger partial charge on any atom is -0.354 e.